The zero-order valence-corrected chi connectivity index (χ0v) is 17.2. The lowest BCUT2D eigenvalue weighted by Crippen LogP contribution is -2.13. The summed E-state index contributed by atoms with van der Waals surface area (Å²) in [5, 5.41) is 3.41. The molecule has 0 radical (unpaired) electrons. The van der Waals surface area contributed by atoms with Gasteiger partial charge in [0, 0.05) is 35.5 Å². The minimum Gasteiger partial charge on any atom is -0.490 e. The molecule has 0 atom stereocenters. The van der Waals surface area contributed by atoms with Crippen molar-refractivity contribution in [3.63, 3.8) is 0 Å². The van der Waals surface area contributed by atoms with Crippen LogP contribution in [0.4, 0.5) is 4.39 Å². The Bertz CT molecular complexity index is 906. The summed E-state index contributed by atoms with van der Waals surface area (Å²) in [6.07, 6.45) is 3.56. The first-order valence-corrected chi connectivity index (χ1v) is 9.87. The number of nitrogens with zero attached hydrogens (tertiary/aromatic N) is 1. The summed E-state index contributed by atoms with van der Waals surface area (Å²) in [5.41, 5.74) is 2.72. The maximum Gasteiger partial charge on any atom is 0.162 e. The molecular weight excluding hydrogens is 423 g/mol. The molecule has 1 N–H and O–H groups in total. The van der Waals surface area contributed by atoms with E-state index in [2.05, 4.69) is 26.2 Å². The topological polar surface area (TPSA) is 43.4 Å². The van der Waals surface area contributed by atoms with Crippen molar-refractivity contribution >= 4 is 15.9 Å². The van der Waals surface area contributed by atoms with Crippen LogP contribution in [-0.2, 0) is 19.7 Å². The summed E-state index contributed by atoms with van der Waals surface area (Å²) in [6, 6.07) is 14.4. The summed E-state index contributed by atoms with van der Waals surface area (Å²) >= 11 is 3.60. The Balaban J connectivity index is 1.69. The SMILES string of the molecule is CCOc1cc(CNCc2ccncc2)c(Br)cc1OCc1ccccc1F. The van der Waals surface area contributed by atoms with Crippen molar-refractivity contribution in [3.8, 4) is 11.5 Å². The molecule has 0 aliphatic rings. The second kappa shape index (κ2) is 10.2. The predicted octanol–water partition coefficient (Wildman–Crippen LogP) is 5.25. The molecule has 0 aliphatic carbocycles. The fourth-order valence-corrected chi connectivity index (χ4v) is 3.17. The first-order chi connectivity index (χ1) is 13.7. The number of nitrogens with one attached hydrogen (secondary N) is 1. The van der Waals surface area contributed by atoms with Crippen molar-refractivity contribution < 1.29 is 13.9 Å². The van der Waals surface area contributed by atoms with Gasteiger partial charge in [0.1, 0.15) is 12.4 Å². The number of ether oxygens (including phenoxy) is 2. The van der Waals surface area contributed by atoms with Gasteiger partial charge in [-0.3, -0.25) is 4.98 Å². The van der Waals surface area contributed by atoms with Crippen molar-refractivity contribution in [2.45, 2.75) is 26.6 Å². The van der Waals surface area contributed by atoms with Crippen LogP contribution in [-0.4, -0.2) is 11.6 Å². The lowest BCUT2D eigenvalue weighted by atomic mass is 10.2. The molecule has 1 aromatic heterocycles. The summed E-state index contributed by atoms with van der Waals surface area (Å²) in [6.45, 7) is 3.98. The highest BCUT2D eigenvalue weighted by Gasteiger charge is 2.12. The third-order valence-electron chi connectivity index (χ3n) is 4.15. The summed E-state index contributed by atoms with van der Waals surface area (Å²) < 4.78 is 26.3. The van der Waals surface area contributed by atoms with E-state index < -0.39 is 0 Å². The quantitative estimate of drug-likeness (QED) is 0.489. The van der Waals surface area contributed by atoms with Gasteiger partial charge in [-0.25, -0.2) is 4.39 Å². The van der Waals surface area contributed by atoms with E-state index in [1.165, 1.54) is 11.6 Å². The van der Waals surface area contributed by atoms with Crippen LogP contribution < -0.4 is 14.8 Å². The molecule has 0 spiro atoms. The maximum absolute atomic E-state index is 13.8. The van der Waals surface area contributed by atoms with Gasteiger partial charge in [-0.1, -0.05) is 34.1 Å². The van der Waals surface area contributed by atoms with Gasteiger partial charge in [-0.2, -0.15) is 0 Å². The van der Waals surface area contributed by atoms with Crippen LogP contribution in [0, 0.1) is 5.82 Å². The summed E-state index contributed by atoms with van der Waals surface area (Å²) in [4.78, 5) is 4.02. The molecule has 0 saturated heterocycles. The van der Waals surface area contributed by atoms with Crippen molar-refractivity contribution in [2.24, 2.45) is 0 Å². The van der Waals surface area contributed by atoms with Crippen molar-refractivity contribution in [1.29, 1.82) is 0 Å². The molecule has 28 heavy (non-hydrogen) atoms. The predicted molar refractivity (Wildman–Crippen MR) is 111 cm³/mol. The highest BCUT2D eigenvalue weighted by molar-refractivity contribution is 9.10. The Hall–Kier alpha value is -2.44. The number of halogens is 2. The standard InChI is InChI=1S/C22H22BrFN2O2/c1-2-27-21-11-18(14-26-13-16-7-9-25-10-8-16)19(23)12-22(21)28-15-17-5-3-4-6-20(17)24/h3-12,26H,2,13-15H2,1H3. The second-order valence-corrected chi connectivity index (χ2v) is 7.02. The molecule has 0 saturated carbocycles. The van der Waals surface area contributed by atoms with Crippen molar-refractivity contribution in [2.75, 3.05) is 6.61 Å². The van der Waals surface area contributed by atoms with Gasteiger partial charge < -0.3 is 14.8 Å². The van der Waals surface area contributed by atoms with Crippen molar-refractivity contribution in [3.05, 3.63) is 87.9 Å². The van der Waals surface area contributed by atoms with E-state index in [9.17, 15) is 4.39 Å². The minimum absolute atomic E-state index is 0.138. The average Bonchev–Trinajstić information content (AvgIpc) is 2.71. The molecule has 4 nitrogen and oxygen atoms in total. The van der Waals surface area contributed by atoms with Gasteiger partial charge >= 0.3 is 0 Å². The van der Waals surface area contributed by atoms with E-state index in [-0.39, 0.29) is 12.4 Å². The fraction of sp³-hybridized carbons (Fsp3) is 0.227. The van der Waals surface area contributed by atoms with Crippen LogP contribution in [0.3, 0.4) is 0 Å². The molecule has 0 fully saturated rings. The number of benzene rings is 2. The third-order valence-corrected chi connectivity index (χ3v) is 4.89. The van der Waals surface area contributed by atoms with E-state index in [0.717, 1.165) is 16.6 Å². The molecule has 146 valence electrons. The Morgan fingerprint density at radius 1 is 0.964 bits per heavy atom. The Morgan fingerprint density at radius 2 is 1.71 bits per heavy atom. The van der Waals surface area contributed by atoms with Gasteiger partial charge in [0.15, 0.2) is 11.5 Å². The highest BCUT2D eigenvalue weighted by Crippen LogP contribution is 2.34. The molecule has 0 amide bonds. The molecule has 0 bridgehead atoms. The van der Waals surface area contributed by atoms with Crippen LogP contribution in [0.5, 0.6) is 11.5 Å². The Kier molecular flexibility index (Phi) is 7.39. The molecular formula is C22H22BrFN2O2. The molecule has 0 aliphatic heterocycles. The minimum atomic E-state index is -0.281. The van der Waals surface area contributed by atoms with Crippen LogP contribution >= 0.6 is 15.9 Å². The first kappa shape index (κ1) is 20.3. The fourth-order valence-electron chi connectivity index (χ4n) is 2.71. The van der Waals surface area contributed by atoms with E-state index >= 15 is 0 Å². The van der Waals surface area contributed by atoms with Gasteiger partial charge in [-0.15, -0.1) is 0 Å². The van der Waals surface area contributed by atoms with Crippen LogP contribution in [0.25, 0.3) is 0 Å². The van der Waals surface area contributed by atoms with Crippen LogP contribution in [0.15, 0.2) is 65.4 Å². The van der Waals surface area contributed by atoms with Crippen LogP contribution in [0.1, 0.15) is 23.6 Å². The summed E-state index contributed by atoms with van der Waals surface area (Å²) in [5.74, 6) is 0.939. The third kappa shape index (κ3) is 5.53. The largest absolute Gasteiger partial charge is 0.490 e. The molecule has 2 aromatic carbocycles. The van der Waals surface area contributed by atoms with E-state index in [1.807, 2.05) is 31.2 Å². The lowest BCUT2D eigenvalue weighted by Gasteiger charge is -2.16. The second-order valence-electron chi connectivity index (χ2n) is 6.16. The zero-order chi connectivity index (χ0) is 19.8. The molecule has 0 unspecified atom stereocenters. The van der Waals surface area contributed by atoms with Gasteiger partial charge in [-0.05, 0) is 48.4 Å². The highest BCUT2D eigenvalue weighted by atomic mass is 79.9. The maximum atomic E-state index is 13.8. The number of rotatable bonds is 9. The van der Waals surface area contributed by atoms with Crippen LogP contribution in [0.2, 0.25) is 0 Å². The lowest BCUT2D eigenvalue weighted by molar-refractivity contribution is 0.265. The molecule has 3 aromatic rings. The van der Waals surface area contributed by atoms with Gasteiger partial charge in [0.2, 0.25) is 0 Å². The van der Waals surface area contributed by atoms with E-state index in [1.54, 1.807) is 30.6 Å². The Morgan fingerprint density at radius 3 is 2.46 bits per heavy atom. The van der Waals surface area contributed by atoms with E-state index in [4.69, 9.17) is 9.47 Å². The van der Waals surface area contributed by atoms with Gasteiger partial charge in [0.05, 0.1) is 6.61 Å². The molecule has 1 heterocycles. The number of pyridine rings is 1. The molecule has 3 rings (SSSR count). The van der Waals surface area contributed by atoms with Crippen molar-refractivity contribution in [1.82, 2.24) is 10.3 Å². The number of hydrogen-bond donors (Lipinski definition) is 1. The smallest absolute Gasteiger partial charge is 0.162 e. The first-order valence-electron chi connectivity index (χ1n) is 9.08. The summed E-state index contributed by atoms with van der Waals surface area (Å²) in [7, 11) is 0. The number of hydrogen-bond acceptors (Lipinski definition) is 4. The Labute approximate surface area is 172 Å². The average molecular weight is 445 g/mol. The normalized spacial score (nSPS) is 10.7. The van der Waals surface area contributed by atoms with Gasteiger partial charge in [0.25, 0.3) is 0 Å². The number of aromatic nitrogens is 1. The van der Waals surface area contributed by atoms with E-state index in [0.29, 0.717) is 30.2 Å². The monoisotopic (exact) mass is 444 g/mol. The molecule has 6 heteroatoms. The zero-order valence-electron chi connectivity index (χ0n) is 15.6.